The lowest BCUT2D eigenvalue weighted by Crippen LogP contribution is -2.36. The van der Waals surface area contributed by atoms with Crippen LogP contribution in [0, 0.1) is 23.3 Å². The Kier molecular flexibility index (Phi) is 36.2. The molecular formula is C94H114Br4F5N11O4. The van der Waals surface area contributed by atoms with Gasteiger partial charge in [0.2, 0.25) is 0 Å². The fourth-order valence-corrected chi connectivity index (χ4v) is 18.2. The van der Waals surface area contributed by atoms with Crippen LogP contribution in [0.25, 0.3) is 0 Å². The summed E-state index contributed by atoms with van der Waals surface area (Å²) < 4.78 is 98.0. The molecule has 0 N–H and O–H groups in total. The van der Waals surface area contributed by atoms with Crippen molar-refractivity contribution in [3.63, 3.8) is 0 Å². The molecule has 0 amide bonds. The molecule has 0 saturated carbocycles. The zero-order valence-electron chi connectivity index (χ0n) is 69.3. The molecule has 6 aliphatic rings. The highest BCUT2D eigenvalue weighted by molar-refractivity contribution is 9.11. The second-order valence-electron chi connectivity index (χ2n) is 30.2. The molecule has 2 fully saturated rings. The molecule has 0 aliphatic carbocycles. The van der Waals surface area contributed by atoms with E-state index >= 15 is 0 Å². The predicted octanol–water partition coefficient (Wildman–Crippen LogP) is 19.1. The second-order valence-corrected chi connectivity index (χ2v) is 33.8. The molecule has 6 heterocycles. The third-order valence-electron chi connectivity index (χ3n) is 22.8. The molecule has 0 spiro atoms. The number of alkyl halides is 1. The summed E-state index contributed by atoms with van der Waals surface area (Å²) in [7, 11) is 6.65. The van der Waals surface area contributed by atoms with Gasteiger partial charge >= 0.3 is 0 Å². The maximum absolute atomic E-state index is 14.9. The van der Waals surface area contributed by atoms with Crippen LogP contribution >= 0.6 is 63.7 Å². The lowest BCUT2D eigenvalue weighted by atomic mass is 9.97. The van der Waals surface area contributed by atoms with E-state index in [1.54, 1.807) is 70.9 Å². The van der Waals surface area contributed by atoms with Gasteiger partial charge in [-0.15, -0.1) is 0 Å². The molecule has 0 bridgehead atoms. The summed E-state index contributed by atoms with van der Waals surface area (Å²) in [6, 6.07) is 44.8. The van der Waals surface area contributed by atoms with Crippen molar-refractivity contribution in [3.05, 3.63) is 254 Å². The van der Waals surface area contributed by atoms with Crippen LogP contribution in [-0.4, -0.2) is 230 Å². The molecule has 15 nitrogen and oxygen atoms in total. The minimum atomic E-state index is -0.446. The van der Waals surface area contributed by atoms with Crippen LogP contribution in [0.3, 0.4) is 0 Å². The van der Waals surface area contributed by atoms with E-state index in [1.807, 2.05) is 89.8 Å². The molecule has 6 aliphatic heterocycles. The topological polar surface area (TPSA) is 109 Å². The van der Waals surface area contributed by atoms with Crippen molar-refractivity contribution in [2.75, 3.05) is 173 Å². The molecule has 0 atom stereocenters. The number of aliphatic imine (C=N–C) groups is 4. The summed E-state index contributed by atoms with van der Waals surface area (Å²) in [4.78, 5) is 35.2. The van der Waals surface area contributed by atoms with Gasteiger partial charge in [0.1, 0.15) is 76.3 Å². The Hall–Kier alpha value is -7.71. The zero-order chi connectivity index (χ0) is 83.3. The van der Waals surface area contributed by atoms with Gasteiger partial charge in [0.15, 0.2) is 0 Å². The molecule has 24 heteroatoms. The highest BCUT2D eigenvalue weighted by Gasteiger charge is 2.29. The van der Waals surface area contributed by atoms with Crippen molar-refractivity contribution >= 4 is 87.1 Å². The van der Waals surface area contributed by atoms with E-state index < -0.39 is 6.67 Å². The minimum absolute atomic E-state index is 0.155. The summed E-state index contributed by atoms with van der Waals surface area (Å²) in [5, 5.41) is 0. The SMILES string of the molecule is CCN(CC)CCCN1CCN=C1c1cccc(F)c1CCc1cc(Br)ccc1OC.COc1ccc(Br)cc1CCc1c(F)cccc1C1=NCCN1CCCN1CCCC1.COc1ccc(Br)cc1CCc1c(F)cccc1C1=NCCN1CCF.COc1ccc(Br)cc1CCc1c(F)cccc1C1=NCCN1CCN1CCCC1. The molecule has 118 heavy (non-hydrogen) atoms. The molecule has 14 rings (SSSR count). The van der Waals surface area contributed by atoms with Gasteiger partial charge in [-0.05, 0) is 284 Å². The van der Waals surface area contributed by atoms with E-state index in [-0.39, 0.29) is 29.8 Å². The van der Waals surface area contributed by atoms with E-state index in [0.29, 0.717) is 75.9 Å². The maximum atomic E-state index is 14.9. The second kappa shape index (κ2) is 46.9. The number of halogens is 9. The number of benzene rings is 8. The average molecular weight is 1880 g/mol. The van der Waals surface area contributed by atoms with Crippen LogP contribution in [0.4, 0.5) is 22.0 Å². The summed E-state index contributed by atoms with van der Waals surface area (Å²) in [6.45, 7) is 23.8. The van der Waals surface area contributed by atoms with Crippen molar-refractivity contribution in [2.45, 2.75) is 104 Å². The van der Waals surface area contributed by atoms with Crippen LogP contribution in [0.1, 0.15) is 119 Å². The van der Waals surface area contributed by atoms with E-state index in [2.05, 4.69) is 124 Å². The number of nitrogens with zero attached hydrogens (tertiary/aromatic N) is 11. The molecule has 8 aromatic carbocycles. The van der Waals surface area contributed by atoms with Crippen molar-refractivity contribution in [2.24, 2.45) is 20.0 Å². The Bertz CT molecular complexity index is 4570. The number of aryl methyl sites for hydroxylation is 4. The zero-order valence-corrected chi connectivity index (χ0v) is 75.6. The number of amidine groups is 4. The van der Waals surface area contributed by atoms with Gasteiger partial charge in [-0.2, -0.15) is 0 Å². The first-order valence-electron chi connectivity index (χ1n) is 41.8. The van der Waals surface area contributed by atoms with E-state index in [4.69, 9.17) is 33.9 Å². The van der Waals surface area contributed by atoms with E-state index in [0.717, 1.165) is 224 Å². The van der Waals surface area contributed by atoms with Gasteiger partial charge in [0.25, 0.3) is 0 Å². The monoisotopic (exact) mass is 1870 g/mol. The first-order valence-corrected chi connectivity index (χ1v) is 45.0. The molecule has 632 valence electrons. The summed E-state index contributed by atoms with van der Waals surface area (Å²) in [6.07, 6.45) is 12.5. The summed E-state index contributed by atoms with van der Waals surface area (Å²) in [5.41, 5.74) is 10.6. The van der Waals surface area contributed by atoms with Crippen LogP contribution in [0.5, 0.6) is 23.0 Å². The Balaban J connectivity index is 0.000000155. The van der Waals surface area contributed by atoms with Gasteiger partial charge in [-0.3, -0.25) is 20.0 Å². The van der Waals surface area contributed by atoms with Gasteiger partial charge < -0.3 is 53.2 Å². The Labute approximate surface area is 729 Å². The Morgan fingerprint density at radius 3 is 0.924 bits per heavy atom. The normalized spacial score (nSPS) is 15.4. The first kappa shape index (κ1) is 91.0. The molecule has 0 unspecified atom stereocenters. The number of methoxy groups -OCH3 is 4. The van der Waals surface area contributed by atoms with E-state index in [1.165, 1.54) is 57.9 Å². The summed E-state index contributed by atoms with van der Waals surface area (Å²) in [5.74, 6) is 6.09. The highest BCUT2D eigenvalue weighted by Crippen LogP contribution is 2.33. The van der Waals surface area contributed by atoms with Crippen molar-refractivity contribution in [1.82, 2.24) is 34.3 Å². The predicted molar refractivity (Wildman–Crippen MR) is 484 cm³/mol. The van der Waals surface area contributed by atoms with Crippen molar-refractivity contribution < 1.29 is 40.9 Å². The first-order chi connectivity index (χ1) is 57.5. The standard InChI is InChI=1S/C25H31BrFN3O.C25H33BrFN3O.C24H29BrFN3O.C20H21BrF2N2O/c1-31-24-11-9-20(26)18-19(24)8-10-21-22(6-4-7-23(21)27)25-28-12-17-30(25)16-5-15-29-13-2-3-14-29;1-4-29(5-2)15-7-16-30-17-14-28-25(30)22-8-6-9-23(27)21(22)12-10-19-18-20(26)11-13-24(19)31-3;1-30-23-10-8-19(25)17-18(23)7-9-20-21(5-4-6-22(20)26)24-27-11-14-29(24)16-15-28-12-2-3-13-28;1-26-19-8-6-15(21)13-14(19)5-7-16-17(3-2-4-18(16)23)20-24-10-12-25(20)11-9-22/h4,6-7,9,11,18H,2-3,5,8,10,12-17H2,1H3;6,8-9,11,13,18H,4-5,7,10,12,14-17H2,1-3H3;4-6,8,10,17H,2-3,7,9,11-16H2,1H3;2-4,6,8,13H,5,7,9-12H2,1H3. The van der Waals surface area contributed by atoms with Crippen molar-refractivity contribution in [3.8, 4) is 23.0 Å². The van der Waals surface area contributed by atoms with Crippen LogP contribution in [0.15, 0.2) is 183 Å². The summed E-state index contributed by atoms with van der Waals surface area (Å²) >= 11 is 14.1. The lowest BCUT2D eigenvalue weighted by molar-refractivity contribution is 0.285. The number of hydrogen-bond donors (Lipinski definition) is 0. The molecular weight excluding hydrogens is 1760 g/mol. The fraction of sp³-hybridized carbons (Fsp3) is 0.447. The van der Waals surface area contributed by atoms with Gasteiger partial charge in [-0.25, -0.2) is 22.0 Å². The van der Waals surface area contributed by atoms with Gasteiger partial charge in [-0.1, -0.05) is 126 Å². The fourth-order valence-electron chi connectivity index (χ4n) is 16.6. The number of hydrogen-bond acceptors (Lipinski definition) is 15. The smallest absolute Gasteiger partial charge is 0.131 e. The molecule has 0 radical (unpaired) electrons. The molecule has 2 saturated heterocycles. The highest BCUT2D eigenvalue weighted by atomic mass is 79.9. The largest absolute Gasteiger partial charge is 0.496 e. The van der Waals surface area contributed by atoms with Gasteiger partial charge in [0.05, 0.1) is 54.6 Å². The van der Waals surface area contributed by atoms with Crippen LogP contribution < -0.4 is 18.9 Å². The maximum Gasteiger partial charge on any atom is 0.131 e. The number of rotatable bonds is 35. The number of likely N-dealkylation sites (tertiary alicyclic amines) is 2. The Morgan fingerprint density at radius 1 is 0.339 bits per heavy atom. The third kappa shape index (κ3) is 25.2. The number of ether oxygens (including phenoxy) is 4. The van der Waals surface area contributed by atoms with Crippen LogP contribution in [-0.2, 0) is 51.4 Å². The minimum Gasteiger partial charge on any atom is -0.496 e. The van der Waals surface area contributed by atoms with Crippen molar-refractivity contribution in [1.29, 1.82) is 0 Å². The quantitative estimate of drug-likeness (QED) is 0.0354. The van der Waals surface area contributed by atoms with Crippen LogP contribution in [0.2, 0.25) is 0 Å². The lowest BCUT2D eigenvalue weighted by Gasteiger charge is -2.25. The average Bonchev–Trinajstić information content (AvgIpc) is 1.55. The Morgan fingerprint density at radius 2 is 0.627 bits per heavy atom. The third-order valence-corrected chi connectivity index (χ3v) is 24.8. The molecule has 8 aromatic rings. The van der Waals surface area contributed by atoms with E-state index in [9.17, 15) is 22.0 Å². The van der Waals surface area contributed by atoms with Gasteiger partial charge in [0, 0.05) is 99.0 Å². The molecule has 0 aromatic heterocycles.